The molecule has 3 rings (SSSR count). The number of ether oxygens (including phenoxy) is 1. The van der Waals surface area contributed by atoms with E-state index in [1.54, 1.807) is 42.5 Å². The lowest BCUT2D eigenvalue weighted by Crippen LogP contribution is -2.14. The molecule has 2 N–H and O–H groups in total. The predicted molar refractivity (Wildman–Crippen MR) is 99.6 cm³/mol. The summed E-state index contributed by atoms with van der Waals surface area (Å²) in [5.74, 6) is -1.12. The topological polar surface area (TPSA) is 67.4 Å². The van der Waals surface area contributed by atoms with Gasteiger partial charge in [0.05, 0.1) is 12.0 Å². The molecule has 0 unspecified atom stereocenters. The summed E-state index contributed by atoms with van der Waals surface area (Å²) in [4.78, 5) is 25.0. The smallest absolute Gasteiger partial charge is 0.265 e. The molecular weight excluding hydrogens is 355 g/mol. The fraction of sp³-hybridized carbons (Fsp3) is 0.0526. The summed E-state index contributed by atoms with van der Waals surface area (Å²) in [7, 11) is 1.37. The monoisotopic (exact) mass is 370 g/mol. The lowest BCUT2D eigenvalue weighted by molar-refractivity contribution is 0.101. The summed E-state index contributed by atoms with van der Waals surface area (Å²) in [6.07, 6.45) is 0. The van der Waals surface area contributed by atoms with Gasteiger partial charge in [0.15, 0.2) is 11.6 Å². The molecular formula is C19H15FN2O3S. The first kappa shape index (κ1) is 17.6. The van der Waals surface area contributed by atoms with E-state index in [1.165, 1.54) is 30.6 Å². The molecule has 0 spiro atoms. The summed E-state index contributed by atoms with van der Waals surface area (Å²) < 4.78 is 18.6. The number of hydrogen-bond donors (Lipinski definition) is 2. The van der Waals surface area contributed by atoms with Crippen molar-refractivity contribution in [2.45, 2.75) is 0 Å². The summed E-state index contributed by atoms with van der Waals surface area (Å²) >= 11 is 1.33. The van der Waals surface area contributed by atoms with Crippen molar-refractivity contribution >= 4 is 34.5 Å². The number of anilines is 2. The lowest BCUT2D eigenvalue weighted by Gasteiger charge is -2.09. The zero-order valence-corrected chi connectivity index (χ0v) is 14.6. The summed E-state index contributed by atoms with van der Waals surface area (Å²) in [5.41, 5.74) is 1.14. The second-order valence-electron chi connectivity index (χ2n) is 5.32. The van der Waals surface area contributed by atoms with Gasteiger partial charge in [0, 0.05) is 23.0 Å². The van der Waals surface area contributed by atoms with Crippen LogP contribution in [-0.2, 0) is 0 Å². The van der Waals surface area contributed by atoms with Crippen LogP contribution in [0.15, 0.2) is 60.0 Å². The highest BCUT2D eigenvalue weighted by Crippen LogP contribution is 2.21. The van der Waals surface area contributed by atoms with Crippen molar-refractivity contribution in [1.29, 1.82) is 0 Å². The first-order valence-corrected chi connectivity index (χ1v) is 8.54. The van der Waals surface area contributed by atoms with E-state index in [-0.39, 0.29) is 11.7 Å². The second kappa shape index (κ2) is 7.79. The molecule has 3 aromatic rings. The van der Waals surface area contributed by atoms with Crippen LogP contribution in [0.1, 0.15) is 20.0 Å². The molecule has 0 atom stereocenters. The first-order valence-electron chi connectivity index (χ1n) is 7.66. The Labute approximate surface area is 153 Å². The van der Waals surface area contributed by atoms with Crippen LogP contribution in [0, 0.1) is 5.82 Å². The third-order valence-electron chi connectivity index (χ3n) is 3.54. The van der Waals surface area contributed by atoms with E-state index in [2.05, 4.69) is 10.6 Å². The van der Waals surface area contributed by atoms with Gasteiger partial charge < -0.3 is 15.4 Å². The fourth-order valence-corrected chi connectivity index (χ4v) is 2.90. The Morgan fingerprint density at radius 1 is 0.962 bits per heavy atom. The molecule has 5 nitrogen and oxygen atoms in total. The number of thiophene rings is 1. The maximum absolute atomic E-state index is 13.7. The van der Waals surface area contributed by atoms with Gasteiger partial charge in [-0.1, -0.05) is 12.1 Å². The highest BCUT2D eigenvalue weighted by Gasteiger charge is 2.11. The SMILES string of the molecule is COc1ccc(NC(=O)c2cccc(NC(=O)c3cccs3)c2)cc1F. The molecule has 0 saturated carbocycles. The van der Waals surface area contributed by atoms with Gasteiger partial charge in [0.1, 0.15) is 0 Å². The summed E-state index contributed by atoms with van der Waals surface area (Å²) in [5, 5.41) is 7.17. The maximum atomic E-state index is 13.7. The Balaban J connectivity index is 1.72. The number of nitrogens with one attached hydrogen (secondary N) is 2. The number of methoxy groups -OCH3 is 1. The van der Waals surface area contributed by atoms with Crippen molar-refractivity contribution in [1.82, 2.24) is 0 Å². The molecule has 0 fully saturated rings. The van der Waals surface area contributed by atoms with Crippen molar-refractivity contribution in [3.63, 3.8) is 0 Å². The van der Waals surface area contributed by atoms with Crippen molar-refractivity contribution in [2.75, 3.05) is 17.7 Å². The summed E-state index contributed by atoms with van der Waals surface area (Å²) in [6, 6.07) is 14.2. The van der Waals surface area contributed by atoms with E-state index < -0.39 is 11.7 Å². The minimum atomic E-state index is -0.567. The van der Waals surface area contributed by atoms with E-state index >= 15 is 0 Å². The highest BCUT2D eigenvalue weighted by molar-refractivity contribution is 7.12. The Morgan fingerprint density at radius 3 is 2.42 bits per heavy atom. The van der Waals surface area contributed by atoms with Gasteiger partial charge in [0.25, 0.3) is 11.8 Å². The largest absolute Gasteiger partial charge is 0.494 e. The quantitative estimate of drug-likeness (QED) is 0.699. The minimum absolute atomic E-state index is 0.0984. The molecule has 2 aromatic carbocycles. The van der Waals surface area contributed by atoms with Gasteiger partial charge in [-0.05, 0) is 41.8 Å². The molecule has 132 valence electrons. The highest BCUT2D eigenvalue weighted by atomic mass is 32.1. The Kier molecular flexibility index (Phi) is 5.28. The molecule has 0 aliphatic heterocycles. The van der Waals surface area contributed by atoms with Gasteiger partial charge in [-0.3, -0.25) is 9.59 Å². The average Bonchev–Trinajstić information content (AvgIpc) is 3.17. The third kappa shape index (κ3) is 4.07. The van der Waals surface area contributed by atoms with E-state index in [0.717, 1.165) is 0 Å². The van der Waals surface area contributed by atoms with Gasteiger partial charge in [-0.15, -0.1) is 11.3 Å². The van der Waals surface area contributed by atoms with Crippen molar-refractivity contribution in [3.8, 4) is 5.75 Å². The lowest BCUT2D eigenvalue weighted by atomic mass is 10.1. The first-order chi connectivity index (χ1) is 12.6. The van der Waals surface area contributed by atoms with Crippen LogP contribution in [0.3, 0.4) is 0 Å². The van der Waals surface area contributed by atoms with Crippen LogP contribution in [0.25, 0.3) is 0 Å². The third-order valence-corrected chi connectivity index (χ3v) is 4.41. The molecule has 0 aliphatic rings. The van der Waals surface area contributed by atoms with Gasteiger partial charge in [-0.25, -0.2) is 4.39 Å². The van der Waals surface area contributed by atoms with Crippen molar-refractivity contribution < 1.29 is 18.7 Å². The molecule has 26 heavy (non-hydrogen) atoms. The van der Waals surface area contributed by atoms with Crippen molar-refractivity contribution in [3.05, 3.63) is 76.2 Å². The molecule has 0 saturated heterocycles. The average molecular weight is 370 g/mol. The van der Waals surface area contributed by atoms with Crippen LogP contribution in [0.5, 0.6) is 5.75 Å². The molecule has 0 radical (unpaired) electrons. The van der Waals surface area contributed by atoms with Gasteiger partial charge in [-0.2, -0.15) is 0 Å². The number of benzene rings is 2. The Hall–Kier alpha value is -3.19. The van der Waals surface area contributed by atoms with E-state index in [9.17, 15) is 14.0 Å². The van der Waals surface area contributed by atoms with Crippen LogP contribution in [0.2, 0.25) is 0 Å². The number of rotatable bonds is 5. The number of halogens is 1. The summed E-state index contributed by atoms with van der Waals surface area (Å²) in [6.45, 7) is 0. The number of hydrogen-bond acceptors (Lipinski definition) is 4. The molecule has 0 aliphatic carbocycles. The standard InChI is InChI=1S/C19H15FN2O3S/c1-25-16-8-7-14(11-15(16)20)21-18(23)12-4-2-5-13(10-12)22-19(24)17-6-3-9-26-17/h2-11H,1H3,(H,21,23)(H,22,24). The number of carbonyl (C=O) groups is 2. The zero-order valence-electron chi connectivity index (χ0n) is 13.8. The minimum Gasteiger partial charge on any atom is -0.494 e. The Morgan fingerprint density at radius 2 is 1.73 bits per heavy atom. The maximum Gasteiger partial charge on any atom is 0.265 e. The molecule has 2 amide bonds. The van der Waals surface area contributed by atoms with E-state index in [1.807, 2.05) is 5.38 Å². The van der Waals surface area contributed by atoms with Gasteiger partial charge in [0.2, 0.25) is 0 Å². The van der Waals surface area contributed by atoms with Crippen LogP contribution < -0.4 is 15.4 Å². The van der Waals surface area contributed by atoms with Crippen LogP contribution in [0.4, 0.5) is 15.8 Å². The Bertz CT molecular complexity index is 942. The zero-order chi connectivity index (χ0) is 18.5. The van der Waals surface area contributed by atoms with Gasteiger partial charge >= 0.3 is 0 Å². The molecule has 1 heterocycles. The fourth-order valence-electron chi connectivity index (χ4n) is 2.29. The van der Waals surface area contributed by atoms with Crippen LogP contribution >= 0.6 is 11.3 Å². The predicted octanol–water partition coefficient (Wildman–Crippen LogP) is 4.40. The second-order valence-corrected chi connectivity index (χ2v) is 6.26. The van der Waals surface area contributed by atoms with Crippen molar-refractivity contribution in [2.24, 2.45) is 0 Å². The normalized spacial score (nSPS) is 10.2. The molecule has 7 heteroatoms. The molecule has 1 aromatic heterocycles. The number of carbonyl (C=O) groups excluding carboxylic acids is 2. The molecule has 0 bridgehead atoms. The van der Waals surface area contributed by atoms with E-state index in [0.29, 0.717) is 21.8 Å². The number of amides is 2. The van der Waals surface area contributed by atoms with Crippen LogP contribution in [-0.4, -0.2) is 18.9 Å². The van der Waals surface area contributed by atoms with E-state index in [4.69, 9.17) is 4.74 Å².